The summed E-state index contributed by atoms with van der Waals surface area (Å²) in [5, 5.41) is 9.70. The summed E-state index contributed by atoms with van der Waals surface area (Å²) in [5.74, 6) is 1.11. The molecule has 1 aliphatic heterocycles. The number of sulfone groups is 1. The van der Waals surface area contributed by atoms with Crippen LogP contribution >= 0.6 is 0 Å². The molecular formula is C21H21N3O6S. The van der Waals surface area contributed by atoms with E-state index in [1.807, 2.05) is 18.2 Å². The Labute approximate surface area is 179 Å². The predicted molar refractivity (Wildman–Crippen MR) is 111 cm³/mol. The number of carbonyl (C=O) groups is 1. The highest BCUT2D eigenvalue weighted by molar-refractivity contribution is 7.92. The van der Waals surface area contributed by atoms with Crippen LogP contribution in [0.25, 0.3) is 0 Å². The van der Waals surface area contributed by atoms with Crippen molar-refractivity contribution in [1.82, 2.24) is 10.2 Å². The van der Waals surface area contributed by atoms with E-state index in [1.54, 1.807) is 13.8 Å². The Kier molecular flexibility index (Phi) is 5.64. The minimum absolute atomic E-state index is 0.0744. The van der Waals surface area contributed by atoms with E-state index in [-0.39, 0.29) is 16.5 Å². The van der Waals surface area contributed by atoms with Crippen molar-refractivity contribution in [2.45, 2.75) is 30.4 Å². The molecule has 0 spiro atoms. The first kappa shape index (κ1) is 20.9. The summed E-state index contributed by atoms with van der Waals surface area (Å²) in [7, 11) is -3.49. The first-order chi connectivity index (χ1) is 14.8. The fourth-order valence-corrected chi connectivity index (χ4v) is 4.11. The van der Waals surface area contributed by atoms with Gasteiger partial charge < -0.3 is 13.9 Å². The number of anilines is 1. The molecule has 4 rings (SSSR count). The maximum atomic E-state index is 12.5. The first-order valence-electron chi connectivity index (χ1n) is 9.69. The molecule has 1 N–H and O–H groups in total. The number of fused-ring (bicyclic) bond motifs is 1. The van der Waals surface area contributed by atoms with Crippen molar-refractivity contribution in [3.05, 3.63) is 59.5 Å². The lowest BCUT2D eigenvalue weighted by molar-refractivity contribution is 0.102. The van der Waals surface area contributed by atoms with E-state index in [4.69, 9.17) is 13.9 Å². The van der Waals surface area contributed by atoms with Gasteiger partial charge in [0.15, 0.2) is 21.3 Å². The summed E-state index contributed by atoms with van der Waals surface area (Å²) in [6.07, 6.45) is 0.349. The van der Waals surface area contributed by atoms with Gasteiger partial charge in [0.25, 0.3) is 5.91 Å². The Morgan fingerprint density at radius 2 is 1.84 bits per heavy atom. The van der Waals surface area contributed by atoms with E-state index in [9.17, 15) is 13.2 Å². The van der Waals surface area contributed by atoms with E-state index < -0.39 is 21.0 Å². The van der Waals surface area contributed by atoms with Crippen LogP contribution in [0.1, 0.15) is 35.7 Å². The second-order valence-electron chi connectivity index (χ2n) is 7.23. The largest absolute Gasteiger partial charge is 0.486 e. The molecule has 0 saturated carbocycles. The second kappa shape index (κ2) is 8.38. The molecule has 3 aromatic rings. The van der Waals surface area contributed by atoms with E-state index in [2.05, 4.69) is 15.5 Å². The van der Waals surface area contributed by atoms with Gasteiger partial charge in [0.1, 0.15) is 13.2 Å². The fraction of sp³-hybridized carbons (Fsp3) is 0.286. The zero-order valence-electron chi connectivity index (χ0n) is 17.0. The van der Waals surface area contributed by atoms with Crippen molar-refractivity contribution in [3.8, 4) is 11.5 Å². The molecule has 0 saturated heterocycles. The zero-order valence-corrected chi connectivity index (χ0v) is 17.8. The van der Waals surface area contributed by atoms with Crippen LogP contribution < -0.4 is 14.8 Å². The highest BCUT2D eigenvalue weighted by Gasteiger charge is 2.21. The van der Waals surface area contributed by atoms with Crippen molar-refractivity contribution in [3.63, 3.8) is 0 Å². The van der Waals surface area contributed by atoms with E-state index in [0.29, 0.717) is 37.0 Å². The standard InChI is InChI=1S/C21H21N3O6S/c1-13(2)31(26,27)16-5-3-4-15(12-16)20(25)22-21-24-23-19(30-21)11-14-6-7-17-18(10-14)29-9-8-28-17/h3-7,10,12-13H,8-9,11H2,1-2H3,(H,22,24,25). The second-order valence-corrected chi connectivity index (χ2v) is 9.74. The van der Waals surface area contributed by atoms with Crippen LogP contribution in [0.15, 0.2) is 51.8 Å². The Morgan fingerprint density at radius 3 is 2.61 bits per heavy atom. The van der Waals surface area contributed by atoms with Crippen molar-refractivity contribution in [2.75, 3.05) is 18.5 Å². The Hall–Kier alpha value is -3.40. The molecule has 2 aromatic carbocycles. The number of nitrogens with zero attached hydrogens (tertiary/aromatic N) is 2. The predicted octanol–water partition coefficient (Wildman–Crippen LogP) is 2.87. The summed E-state index contributed by atoms with van der Waals surface area (Å²) in [4.78, 5) is 12.6. The molecule has 9 nitrogen and oxygen atoms in total. The summed E-state index contributed by atoms with van der Waals surface area (Å²) in [6.45, 7) is 4.19. The maximum Gasteiger partial charge on any atom is 0.322 e. The lowest BCUT2D eigenvalue weighted by atomic mass is 10.1. The highest BCUT2D eigenvalue weighted by Crippen LogP contribution is 2.31. The van der Waals surface area contributed by atoms with Crippen LogP contribution in [-0.4, -0.2) is 43.0 Å². The molecular weight excluding hydrogens is 422 g/mol. The summed E-state index contributed by atoms with van der Waals surface area (Å²) >= 11 is 0. The minimum Gasteiger partial charge on any atom is -0.486 e. The minimum atomic E-state index is -3.49. The fourth-order valence-electron chi connectivity index (χ4n) is 3.00. The molecule has 10 heteroatoms. The highest BCUT2D eigenvalue weighted by atomic mass is 32.2. The van der Waals surface area contributed by atoms with Crippen LogP contribution in [0, 0.1) is 0 Å². The van der Waals surface area contributed by atoms with Gasteiger partial charge in [0, 0.05) is 5.56 Å². The Balaban J connectivity index is 1.45. The van der Waals surface area contributed by atoms with Crippen molar-refractivity contribution < 1.29 is 27.1 Å². The molecule has 0 aliphatic carbocycles. The van der Waals surface area contributed by atoms with Gasteiger partial charge in [0.2, 0.25) is 5.89 Å². The van der Waals surface area contributed by atoms with Gasteiger partial charge in [-0.3, -0.25) is 10.1 Å². The average molecular weight is 443 g/mol. The number of benzene rings is 2. The van der Waals surface area contributed by atoms with Crippen LogP contribution in [0.3, 0.4) is 0 Å². The quantitative estimate of drug-likeness (QED) is 0.617. The normalized spacial score (nSPS) is 13.3. The number of amides is 1. The number of ether oxygens (including phenoxy) is 2. The molecule has 2 heterocycles. The van der Waals surface area contributed by atoms with Gasteiger partial charge >= 0.3 is 6.01 Å². The van der Waals surface area contributed by atoms with Gasteiger partial charge in [-0.1, -0.05) is 17.2 Å². The van der Waals surface area contributed by atoms with Gasteiger partial charge in [0.05, 0.1) is 16.6 Å². The molecule has 1 aromatic heterocycles. The molecule has 0 unspecified atom stereocenters. The molecule has 1 aliphatic rings. The average Bonchev–Trinajstić information content (AvgIpc) is 3.20. The van der Waals surface area contributed by atoms with Crippen LogP contribution in [0.2, 0.25) is 0 Å². The van der Waals surface area contributed by atoms with Crippen molar-refractivity contribution in [2.24, 2.45) is 0 Å². The third kappa shape index (κ3) is 4.53. The van der Waals surface area contributed by atoms with Gasteiger partial charge in [-0.2, -0.15) is 0 Å². The Bertz CT molecular complexity index is 1220. The summed E-state index contributed by atoms with van der Waals surface area (Å²) in [5.41, 5.74) is 1.06. The van der Waals surface area contributed by atoms with Gasteiger partial charge in [-0.05, 0) is 49.7 Å². The molecule has 0 radical (unpaired) electrons. The van der Waals surface area contributed by atoms with Crippen LogP contribution in [0.4, 0.5) is 6.01 Å². The smallest absolute Gasteiger partial charge is 0.322 e. The van der Waals surface area contributed by atoms with Crippen LogP contribution in [0.5, 0.6) is 11.5 Å². The number of hydrogen-bond donors (Lipinski definition) is 1. The number of hydrogen-bond acceptors (Lipinski definition) is 8. The third-order valence-corrected chi connectivity index (χ3v) is 6.85. The first-order valence-corrected chi connectivity index (χ1v) is 11.2. The van der Waals surface area contributed by atoms with Gasteiger partial charge in [-0.25, -0.2) is 8.42 Å². The van der Waals surface area contributed by atoms with Gasteiger partial charge in [-0.15, -0.1) is 5.10 Å². The molecule has 0 atom stereocenters. The molecule has 1 amide bonds. The summed E-state index contributed by atoms with van der Waals surface area (Å²) in [6, 6.07) is 11.3. The van der Waals surface area contributed by atoms with E-state index >= 15 is 0 Å². The van der Waals surface area contributed by atoms with E-state index in [1.165, 1.54) is 24.3 Å². The lowest BCUT2D eigenvalue weighted by Crippen LogP contribution is -2.16. The topological polar surface area (TPSA) is 121 Å². The maximum absolute atomic E-state index is 12.5. The number of rotatable bonds is 6. The molecule has 31 heavy (non-hydrogen) atoms. The molecule has 0 bridgehead atoms. The molecule has 162 valence electrons. The monoisotopic (exact) mass is 443 g/mol. The number of nitrogens with one attached hydrogen (secondary N) is 1. The van der Waals surface area contributed by atoms with E-state index in [0.717, 1.165) is 5.56 Å². The van der Waals surface area contributed by atoms with Crippen LogP contribution in [-0.2, 0) is 16.3 Å². The Morgan fingerprint density at radius 1 is 1.06 bits per heavy atom. The molecule has 0 fully saturated rings. The lowest BCUT2D eigenvalue weighted by Gasteiger charge is -2.18. The zero-order chi connectivity index (χ0) is 22.0. The number of aromatic nitrogens is 2. The number of carbonyl (C=O) groups excluding carboxylic acids is 1. The van der Waals surface area contributed by atoms with Crippen molar-refractivity contribution in [1.29, 1.82) is 0 Å². The van der Waals surface area contributed by atoms with Crippen molar-refractivity contribution >= 4 is 21.8 Å². The third-order valence-electron chi connectivity index (χ3n) is 4.69. The summed E-state index contributed by atoms with van der Waals surface area (Å²) < 4.78 is 41.3. The SMILES string of the molecule is CC(C)S(=O)(=O)c1cccc(C(=O)Nc2nnc(Cc3ccc4c(c3)OCCO4)o2)c1.